The van der Waals surface area contributed by atoms with Crippen molar-refractivity contribution in [1.82, 2.24) is 4.98 Å². The molecule has 0 saturated carbocycles. The van der Waals surface area contributed by atoms with Gasteiger partial charge in [0.2, 0.25) is 11.6 Å². The van der Waals surface area contributed by atoms with E-state index in [0.29, 0.717) is 0 Å². The van der Waals surface area contributed by atoms with Crippen molar-refractivity contribution >= 4 is 5.69 Å². The van der Waals surface area contributed by atoms with Crippen LogP contribution in [0.15, 0.2) is 0 Å². The minimum Gasteiger partial charge on any atom is -0.380 e. The lowest BCUT2D eigenvalue weighted by Gasteiger charge is -2.25. The van der Waals surface area contributed by atoms with Crippen LogP contribution >= 0.6 is 0 Å². The zero-order valence-electron chi connectivity index (χ0n) is 11.4. The molecule has 108 valence electrons. The van der Waals surface area contributed by atoms with Gasteiger partial charge in [-0.15, -0.1) is 0 Å². The maximum Gasteiger partial charge on any atom is 0.253 e. The first-order chi connectivity index (χ1) is 8.75. The number of halogens is 4. The Morgan fingerprint density at radius 3 is 1.68 bits per heavy atom. The molecule has 1 heterocycles. The predicted molar refractivity (Wildman–Crippen MR) is 65.7 cm³/mol. The van der Waals surface area contributed by atoms with E-state index in [4.69, 9.17) is 0 Å². The summed E-state index contributed by atoms with van der Waals surface area (Å²) in [6.45, 7) is 8.14. The zero-order chi connectivity index (χ0) is 14.7. The average Bonchev–Trinajstić information content (AvgIpc) is 2.30. The molecule has 0 aliphatic heterocycles. The molecule has 0 amide bonds. The molecule has 0 fully saturated rings. The van der Waals surface area contributed by atoms with Gasteiger partial charge < -0.3 is 5.32 Å². The molecule has 6 heteroatoms. The number of aromatic nitrogens is 1. The van der Waals surface area contributed by atoms with E-state index in [0.717, 1.165) is 0 Å². The van der Waals surface area contributed by atoms with Gasteiger partial charge in [0.1, 0.15) is 5.69 Å². The van der Waals surface area contributed by atoms with Crippen molar-refractivity contribution in [2.45, 2.75) is 27.7 Å². The van der Waals surface area contributed by atoms with Crippen LogP contribution in [0.4, 0.5) is 23.2 Å². The Kier molecular flexibility index (Phi) is 5.14. The largest absolute Gasteiger partial charge is 0.380 e. The molecule has 0 aromatic carbocycles. The summed E-state index contributed by atoms with van der Waals surface area (Å²) in [7, 11) is 0. The predicted octanol–water partition coefficient (Wildman–Crippen LogP) is 3.98. The van der Waals surface area contributed by atoms with Crippen molar-refractivity contribution < 1.29 is 17.6 Å². The second-order valence-corrected chi connectivity index (χ2v) is 5.23. The maximum absolute atomic E-state index is 13.4. The van der Waals surface area contributed by atoms with Gasteiger partial charge in [-0.25, -0.2) is 0 Å². The molecule has 2 nitrogen and oxygen atoms in total. The Hall–Kier alpha value is -1.33. The quantitative estimate of drug-likeness (QED) is 0.651. The van der Waals surface area contributed by atoms with E-state index in [2.05, 4.69) is 10.3 Å². The molecule has 1 N–H and O–H groups in total. The van der Waals surface area contributed by atoms with E-state index < -0.39 is 29.2 Å². The van der Waals surface area contributed by atoms with Crippen LogP contribution in [-0.4, -0.2) is 11.5 Å². The third-order valence-corrected chi connectivity index (χ3v) is 3.22. The molecule has 0 saturated heterocycles. The van der Waals surface area contributed by atoms with Gasteiger partial charge >= 0.3 is 0 Å². The lowest BCUT2D eigenvalue weighted by Crippen LogP contribution is -2.25. The van der Waals surface area contributed by atoms with Crippen LogP contribution in [0.1, 0.15) is 27.7 Å². The molecule has 0 radical (unpaired) electrons. The Morgan fingerprint density at radius 1 is 0.895 bits per heavy atom. The number of nitrogens with one attached hydrogen (secondary N) is 1. The normalized spacial score (nSPS) is 11.7. The summed E-state index contributed by atoms with van der Waals surface area (Å²) in [6.07, 6.45) is 0. The van der Waals surface area contributed by atoms with Crippen LogP contribution in [0.3, 0.4) is 0 Å². The van der Waals surface area contributed by atoms with Crippen molar-refractivity contribution in [3.63, 3.8) is 0 Å². The summed E-state index contributed by atoms with van der Waals surface area (Å²) in [5.74, 6) is -5.61. The van der Waals surface area contributed by atoms with Crippen LogP contribution in [0.5, 0.6) is 0 Å². The fourth-order valence-corrected chi connectivity index (χ4v) is 2.10. The number of nitrogens with zero attached hydrogens (tertiary/aromatic N) is 1. The molecule has 0 spiro atoms. The molecule has 19 heavy (non-hydrogen) atoms. The summed E-state index contributed by atoms with van der Waals surface area (Å²) < 4.78 is 52.6. The van der Waals surface area contributed by atoms with Crippen molar-refractivity contribution in [1.29, 1.82) is 0 Å². The van der Waals surface area contributed by atoms with Gasteiger partial charge in [-0.05, 0) is 17.8 Å². The van der Waals surface area contributed by atoms with Gasteiger partial charge in [-0.1, -0.05) is 27.7 Å². The van der Waals surface area contributed by atoms with Crippen molar-refractivity contribution in [3.05, 3.63) is 23.5 Å². The number of hydrogen-bond donors (Lipinski definition) is 1. The second-order valence-electron chi connectivity index (χ2n) is 5.23. The number of hydrogen-bond acceptors (Lipinski definition) is 2. The number of anilines is 1. The Balaban J connectivity index is 2.94. The van der Waals surface area contributed by atoms with Crippen molar-refractivity contribution in [3.8, 4) is 0 Å². The standard InChI is InChI=1S/C13H18F4N2/c1-6(2)8(7(3)4)5-18-11-9(14)12(16)19-13(17)10(11)15/h6-8H,5H2,1-4H3,(H,18,19). The van der Waals surface area contributed by atoms with Crippen LogP contribution in [-0.2, 0) is 0 Å². The van der Waals surface area contributed by atoms with E-state index in [1.165, 1.54) is 0 Å². The molecule has 1 aromatic rings. The first-order valence-corrected chi connectivity index (χ1v) is 6.19. The molecule has 0 unspecified atom stereocenters. The van der Waals surface area contributed by atoms with Gasteiger partial charge in [0.25, 0.3) is 11.9 Å². The van der Waals surface area contributed by atoms with E-state index in [1.807, 2.05) is 27.7 Å². The Labute approximate surface area is 110 Å². The van der Waals surface area contributed by atoms with Crippen molar-refractivity contribution in [2.75, 3.05) is 11.9 Å². The van der Waals surface area contributed by atoms with Crippen LogP contribution in [0.25, 0.3) is 0 Å². The van der Waals surface area contributed by atoms with Crippen LogP contribution in [0, 0.1) is 41.3 Å². The highest BCUT2D eigenvalue weighted by Gasteiger charge is 2.23. The van der Waals surface area contributed by atoms with Gasteiger partial charge in [-0.3, -0.25) is 0 Å². The van der Waals surface area contributed by atoms with Gasteiger partial charge in [-0.2, -0.15) is 22.5 Å². The van der Waals surface area contributed by atoms with Crippen LogP contribution in [0.2, 0.25) is 0 Å². The van der Waals surface area contributed by atoms with Gasteiger partial charge in [0, 0.05) is 6.54 Å². The second kappa shape index (κ2) is 6.21. The molecular formula is C13H18F4N2. The average molecular weight is 278 g/mol. The highest BCUT2D eigenvalue weighted by atomic mass is 19.2. The SMILES string of the molecule is CC(C)C(CNc1c(F)c(F)nc(F)c1F)C(C)C. The third kappa shape index (κ3) is 3.58. The molecule has 0 aliphatic rings. The van der Waals surface area contributed by atoms with E-state index >= 15 is 0 Å². The summed E-state index contributed by atoms with van der Waals surface area (Å²) >= 11 is 0. The topological polar surface area (TPSA) is 24.9 Å². The fourth-order valence-electron chi connectivity index (χ4n) is 2.10. The Morgan fingerprint density at radius 2 is 1.32 bits per heavy atom. The number of rotatable bonds is 5. The number of pyridine rings is 1. The molecular weight excluding hydrogens is 260 g/mol. The minimum atomic E-state index is -1.65. The van der Waals surface area contributed by atoms with Gasteiger partial charge in [0.05, 0.1) is 0 Å². The monoisotopic (exact) mass is 278 g/mol. The molecule has 0 bridgehead atoms. The lowest BCUT2D eigenvalue weighted by molar-refractivity contribution is 0.303. The smallest absolute Gasteiger partial charge is 0.253 e. The summed E-state index contributed by atoms with van der Waals surface area (Å²) in [4.78, 5) is 2.51. The highest BCUT2D eigenvalue weighted by Crippen LogP contribution is 2.25. The Bertz CT molecular complexity index is 413. The summed E-state index contributed by atoms with van der Waals surface area (Å²) in [5, 5.41) is 2.46. The van der Waals surface area contributed by atoms with E-state index in [9.17, 15) is 17.6 Å². The zero-order valence-corrected chi connectivity index (χ0v) is 11.4. The summed E-state index contributed by atoms with van der Waals surface area (Å²) in [6, 6.07) is 0. The van der Waals surface area contributed by atoms with Gasteiger partial charge in [0.15, 0.2) is 0 Å². The molecule has 1 rings (SSSR count). The van der Waals surface area contributed by atoms with Crippen LogP contribution < -0.4 is 5.32 Å². The maximum atomic E-state index is 13.4. The third-order valence-electron chi connectivity index (χ3n) is 3.22. The highest BCUT2D eigenvalue weighted by molar-refractivity contribution is 5.45. The van der Waals surface area contributed by atoms with E-state index in [1.54, 1.807) is 0 Å². The van der Waals surface area contributed by atoms with E-state index in [-0.39, 0.29) is 24.3 Å². The molecule has 1 aromatic heterocycles. The first-order valence-electron chi connectivity index (χ1n) is 6.19. The minimum absolute atomic E-state index is 0.123. The summed E-state index contributed by atoms with van der Waals surface area (Å²) in [5.41, 5.74) is -0.795. The molecule has 0 aliphatic carbocycles. The molecule has 0 atom stereocenters. The lowest BCUT2D eigenvalue weighted by atomic mass is 9.85. The first kappa shape index (κ1) is 15.7. The fraction of sp³-hybridized carbons (Fsp3) is 0.615. The van der Waals surface area contributed by atoms with Crippen molar-refractivity contribution in [2.24, 2.45) is 17.8 Å².